The molecule has 0 bridgehead atoms. The Balaban J connectivity index is 2.03. The summed E-state index contributed by atoms with van der Waals surface area (Å²) in [4.78, 5) is 24.5. The second kappa shape index (κ2) is 4.56. The average Bonchev–Trinajstić information content (AvgIpc) is 2.84. The molecule has 0 aliphatic carbocycles. The monoisotopic (exact) mass is 273 g/mol. The van der Waals surface area contributed by atoms with Crippen LogP contribution in [0.1, 0.15) is 28.9 Å². The van der Waals surface area contributed by atoms with Gasteiger partial charge < -0.3 is 5.32 Å². The van der Waals surface area contributed by atoms with Gasteiger partial charge in [-0.2, -0.15) is 9.78 Å². The molecule has 0 spiro atoms. The first kappa shape index (κ1) is 12.5. The van der Waals surface area contributed by atoms with E-state index in [1.807, 2.05) is 6.92 Å². The van der Waals surface area contributed by atoms with Gasteiger partial charge in [0.15, 0.2) is 0 Å². The van der Waals surface area contributed by atoms with Gasteiger partial charge >= 0.3 is 0 Å². The quantitative estimate of drug-likeness (QED) is 0.851. The van der Waals surface area contributed by atoms with Gasteiger partial charge in [-0.15, -0.1) is 0 Å². The fourth-order valence-corrected chi connectivity index (χ4v) is 2.24. The molecule has 1 amide bonds. The van der Waals surface area contributed by atoms with Gasteiger partial charge in [-0.1, -0.05) is 19.1 Å². The molecule has 1 aliphatic rings. The third-order valence-corrected chi connectivity index (χ3v) is 3.29. The topological polar surface area (TPSA) is 64.0 Å². The summed E-state index contributed by atoms with van der Waals surface area (Å²) in [6, 6.07) is 7.01. The second-order valence-electron chi connectivity index (χ2n) is 4.60. The summed E-state index contributed by atoms with van der Waals surface area (Å²) in [5.74, 6) is -1.86. The van der Waals surface area contributed by atoms with Gasteiger partial charge in [0.05, 0.1) is 5.69 Å². The van der Waals surface area contributed by atoms with Crippen molar-refractivity contribution in [1.82, 2.24) is 9.78 Å². The Labute approximate surface area is 114 Å². The first-order valence-electron chi connectivity index (χ1n) is 6.29. The predicted molar refractivity (Wildman–Crippen MR) is 70.0 cm³/mol. The smallest absolute Gasteiger partial charge is 0.265 e. The van der Waals surface area contributed by atoms with Gasteiger partial charge in [0, 0.05) is 6.07 Å². The molecule has 102 valence electrons. The summed E-state index contributed by atoms with van der Waals surface area (Å²) in [6.45, 7) is 1.91. The lowest BCUT2D eigenvalue weighted by Crippen LogP contribution is -2.38. The Morgan fingerprint density at radius 2 is 2.00 bits per heavy atom. The van der Waals surface area contributed by atoms with E-state index in [0.717, 1.165) is 5.69 Å². The number of aryl methyl sites for hydroxylation is 1. The Morgan fingerprint density at radius 3 is 2.65 bits per heavy atom. The molecule has 1 N–H and O–H groups in total. The molecule has 2 aromatic rings. The molecule has 0 fully saturated rings. The van der Waals surface area contributed by atoms with E-state index in [1.165, 1.54) is 28.9 Å². The van der Waals surface area contributed by atoms with Gasteiger partial charge in [0.1, 0.15) is 17.6 Å². The molecule has 1 aromatic heterocycles. The third-order valence-electron chi connectivity index (χ3n) is 3.29. The van der Waals surface area contributed by atoms with E-state index in [4.69, 9.17) is 0 Å². The van der Waals surface area contributed by atoms with Crippen LogP contribution in [0.15, 0.2) is 30.3 Å². The lowest BCUT2D eigenvalue weighted by molar-refractivity contribution is -0.117. The number of anilines is 1. The number of nitrogens with zero attached hydrogens (tertiary/aromatic N) is 2. The van der Waals surface area contributed by atoms with E-state index >= 15 is 0 Å². The number of hydrogen-bond acceptors (Lipinski definition) is 3. The number of halogens is 1. The van der Waals surface area contributed by atoms with Crippen molar-refractivity contribution in [2.45, 2.75) is 19.3 Å². The van der Waals surface area contributed by atoms with Gasteiger partial charge in [-0.3, -0.25) is 9.59 Å². The Hall–Kier alpha value is -2.50. The highest BCUT2D eigenvalue weighted by Gasteiger charge is 2.36. The van der Waals surface area contributed by atoms with Crippen LogP contribution in [0.4, 0.5) is 10.2 Å². The van der Waals surface area contributed by atoms with Crippen molar-refractivity contribution in [1.29, 1.82) is 0 Å². The molecule has 0 saturated heterocycles. The predicted octanol–water partition coefficient (Wildman–Crippen LogP) is 1.96. The van der Waals surface area contributed by atoms with Crippen molar-refractivity contribution in [2.24, 2.45) is 0 Å². The first-order valence-corrected chi connectivity index (χ1v) is 6.29. The Bertz CT molecular complexity index is 691. The highest BCUT2D eigenvalue weighted by Crippen LogP contribution is 2.27. The van der Waals surface area contributed by atoms with Gasteiger partial charge in [-0.05, 0) is 24.1 Å². The van der Waals surface area contributed by atoms with E-state index < -0.39 is 23.5 Å². The van der Waals surface area contributed by atoms with E-state index in [9.17, 15) is 14.0 Å². The zero-order chi connectivity index (χ0) is 14.3. The number of fused-ring (bicyclic) bond motifs is 1. The second-order valence-corrected chi connectivity index (χ2v) is 4.60. The maximum Gasteiger partial charge on any atom is 0.265 e. The maximum absolute atomic E-state index is 12.9. The lowest BCUT2D eigenvalue weighted by atomic mass is 9.96. The minimum absolute atomic E-state index is 0.384. The maximum atomic E-state index is 12.9. The minimum atomic E-state index is -0.993. The zero-order valence-corrected chi connectivity index (χ0v) is 10.8. The van der Waals surface area contributed by atoms with Crippen molar-refractivity contribution in [3.8, 4) is 0 Å². The van der Waals surface area contributed by atoms with Gasteiger partial charge in [-0.25, -0.2) is 4.39 Å². The number of nitrogens with one attached hydrogen (secondary N) is 1. The number of benzene rings is 1. The summed E-state index contributed by atoms with van der Waals surface area (Å²) in [6.07, 6.45) is 0.671. The summed E-state index contributed by atoms with van der Waals surface area (Å²) >= 11 is 0. The summed E-state index contributed by atoms with van der Waals surface area (Å²) in [5, 5.41) is 6.81. The summed E-state index contributed by atoms with van der Waals surface area (Å²) in [7, 11) is 0. The van der Waals surface area contributed by atoms with Crippen LogP contribution in [0.5, 0.6) is 0 Å². The molecule has 1 unspecified atom stereocenters. The van der Waals surface area contributed by atoms with Crippen LogP contribution in [0.25, 0.3) is 0 Å². The van der Waals surface area contributed by atoms with Crippen molar-refractivity contribution in [3.05, 3.63) is 47.4 Å². The highest BCUT2D eigenvalue weighted by atomic mass is 19.1. The van der Waals surface area contributed by atoms with E-state index in [2.05, 4.69) is 10.4 Å². The van der Waals surface area contributed by atoms with Crippen molar-refractivity contribution < 1.29 is 14.0 Å². The molecule has 2 heterocycles. The number of carbonyl (C=O) groups is 2. The first-order chi connectivity index (χ1) is 9.60. The number of aromatic nitrogens is 2. The fourth-order valence-electron chi connectivity index (χ4n) is 2.24. The van der Waals surface area contributed by atoms with Crippen LogP contribution < -0.4 is 5.32 Å². The van der Waals surface area contributed by atoms with Crippen LogP contribution in [-0.2, 0) is 11.2 Å². The molecule has 1 aromatic carbocycles. The van der Waals surface area contributed by atoms with Crippen LogP contribution in [0, 0.1) is 5.82 Å². The summed E-state index contributed by atoms with van der Waals surface area (Å²) in [5.41, 5.74) is 1.18. The fraction of sp³-hybridized carbons (Fsp3) is 0.214. The number of hydrogen-bond donors (Lipinski definition) is 1. The standard InChI is InChI=1S/C14H12FN3O2/c1-2-10-7-11-16-13(19)12(14(20)18(11)17-10)8-3-5-9(15)6-4-8/h3-7,12H,2H2,1H3,(H,16,19). The zero-order valence-electron chi connectivity index (χ0n) is 10.8. The van der Waals surface area contributed by atoms with Crippen molar-refractivity contribution in [3.63, 3.8) is 0 Å². The lowest BCUT2D eigenvalue weighted by Gasteiger charge is -2.21. The van der Waals surface area contributed by atoms with Crippen molar-refractivity contribution in [2.75, 3.05) is 5.32 Å². The molecule has 0 radical (unpaired) electrons. The Morgan fingerprint density at radius 1 is 1.30 bits per heavy atom. The van der Waals surface area contributed by atoms with E-state index in [-0.39, 0.29) is 0 Å². The van der Waals surface area contributed by atoms with Crippen molar-refractivity contribution >= 4 is 17.6 Å². The number of carbonyl (C=O) groups excluding carboxylic acids is 2. The van der Waals surface area contributed by atoms with Crippen LogP contribution in [0.2, 0.25) is 0 Å². The molecule has 3 rings (SSSR count). The molecular formula is C14H12FN3O2. The average molecular weight is 273 g/mol. The molecular weight excluding hydrogens is 261 g/mol. The number of rotatable bonds is 2. The molecule has 1 atom stereocenters. The van der Waals surface area contributed by atoms with Crippen LogP contribution >= 0.6 is 0 Å². The molecule has 0 saturated carbocycles. The van der Waals surface area contributed by atoms with E-state index in [0.29, 0.717) is 17.8 Å². The van der Waals surface area contributed by atoms with Crippen LogP contribution in [0.3, 0.4) is 0 Å². The molecule has 6 heteroatoms. The normalized spacial score (nSPS) is 17.8. The minimum Gasteiger partial charge on any atom is -0.309 e. The molecule has 5 nitrogen and oxygen atoms in total. The largest absolute Gasteiger partial charge is 0.309 e. The summed E-state index contributed by atoms with van der Waals surface area (Å²) < 4.78 is 14.1. The molecule has 20 heavy (non-hydrogen) atoms. The Kier molecular flexibility index (Phi) is 2.85. The van der Waals surface area contributed by atoms with Crippen LogP contribution in [-0.4, -0.2) is 21.6 Å². The third kappa shape index (κ3) is 1.89. The molecule has 1 aliphatic heterocycles. The SMILES string of the molecule is CCc1cc2n(n1)C(=O)C(c1ccc(F)cc1)C(=O)N2. The number of amides is 1. The highest BCUT2D eigenvalue weighted by molar-refractivity contribution is 6.15. The van der Waals surface area contributed by atoms with Gasteiger partial charge in [0.2, 0.25) is 5.91 Å². The van der Waals surface area contributed by atoms with E-state index in [1.54, 1.807) is 6.07 Å². The van der Waals surface area contributed by atoms with Gasteiger partial charge in [0.25, 0.3) is 5.91 Å².